The van der Waals surface area contributed by atoms with E-state index >= 15 is 0 Å². The Balaban J connectivity index is 1.59. The van der Waals surface area contributed by atoms with Gasteiger partial charge in [0.25, 0.3) is 5.91 Å². The van der Waals surface area contributed by atoms with E-state index in [2.05, 4.69) is 16.4 Å². The number of piperidine rings is 1. The molecule has 0 bridgehead atoms. The van der Waals surface area contributed by atoms with Crippen molar-refractivity contribution in [3.63, 3.8) is 0 Å². The molecule has 1 aromatic carbocycles. The maximum absolute atomic E-state index is 13.0. The number of likely N-dealkylation sites (tertiary alicyclic amines) is 1. The van der Waals surface area contributed by atoms with E-state index in [-0.39, 0.29) is 24.3 Å². The number of nitrogens with zero attached hydrogens (tertiary/aromatic N) is 4. The Morgan fingerprint density at radius 2 is 2.17 bits per heavy atom. The van der Waals surface area contributed by atoms with Crippen LogP contribution in [0.4, 0.5) is 11.5 Å². The average Bonchev–Trinajstić information content (AvgIpc) is 2.80. The van der Waals surface area contributed by atoms with E-state index in [1.165, 1.54) is 6.20 Å². The number of carbonyl (C=O) groups is 2. The minimum absolute atomic E-state index is 0.0905. The van der Waals surface area contributed by atoms with Crippen LogP contribution in [0.5, 0.6) is 5.75 Å². The summed E-state index contributed by atoms with van der Waals surface area (Å²) in [6.07, 6.45) is 3.16. The lowest BCUT2D eigenvalue weighted by Crippen LogP contribution is -2.41. The maximum atomic E-state index is 13.0. The summed E-state index contributed by atoms with van der Waals surface area (Å²) in [5.74, 6) is 0.939. The standard InChI is InChI=1S/C22H23N5O3/c1-30-18-6-4-15(5-7-18)14-27-19-9-17(11-24-21(19)25-12-20(27)28)22(29)26-8-2-3-16(10-23)13-26/h4-7,9,11,16H,2-3,8,12-14H2,1H3,(H,24,25). The van der Waals surface area contributed by atoms with Gasteiger partial charge in [0.15, 0.2) is 5.82 Å². The van der Waals surface area contributed by atoms with Crippen LogP contribution in [0.3, 0.4) is 0 Å². The van der Waals surface area contributed by atoms with Crippen molar-refractivity contribution in [3.8, 4) is 11.8 Å². The number of nitrogens with one attached hydrogen (secondary N) is 1. The van der Waals surface area contributed by atoms with Gasteiger partial charge in [0.1, 0.15) is 5.75 Å². The predicted octanol–water partition coefficient (Wildman–Crippen LogP) is 2.42. The van der Waals surface area contributed by atoms with Crippen LogP contribution in [-0.2, 0) is 11.3 Å². The molecule has 1 fully saturated rings. The monoisotopic (exact) mass is 405 g/mol. The van der Waals surface area contributed by atoms with Crippen molar-refractivity contribution in [2.45, 2.75) is 19.4 Å². The molecule has 0 saturated carbocycles. The summed E-state index contributed by atoms with van der Waals surface area (Å²) in [4.78, 5) is 33.4. The number of carbonyl (C=O) groups excluding carboxylic acids is 2. The molecule has 154 valence electrons. The van der Waals surface area contributed by atoms with E-state index < -0.39 is 0 Å². The predicted molar refractivity (Wildman–Crippen MR) is 111 cm³/mol. The molecule has 3 heterocycles. The van der Waals surface area contributed by atoms with Gasteiger partial charge in [0.2, 0.25) is 5.91 Å². The Labute approximate surface area is 175 Å². The van der Waals surface area contributed by atoms with Gasteiger partial charge in [-0.3, -0.25) is 9.59 Å². The maximum Gasteiger partial charge on any atom is 0.255 e. The van der Waals surface area contributed by atoms with Gasteiger partial charge in [-0.2, -0.15) is 5.26 Å². The molecule has 1 aromatic heterocycles. The lowest BCUT2D eigenvalue weighted by atomic mass is 9.99. The van der Waals surface area contributed by atoms with E-state index in [0.29, 0.717) is 36.7 Å². The molecule has 1 N–H and O–H groups in total. The zero-order chi connectivity index (χ0) is 21.1. The van der Waals surface area contributed by atoms with Crippen LogP contribution in [0, 0.1) is 17.2 Å². The van der Waals surface area contributed by atoms with Gasteiger partial charge < -0.3 is 19.9 Å². The Bertz CT molecular complexity index is 999. The van der Waals surface area contributed by atoms with Crippen molar-refractivity contribution >= 4 is 23.3 Å². The van der Waals surface area contributed by atoms with Gasteiger partial charge in [-0.1, -0.05) is 12.1 Å². The van der Waals surface area contributed by atoms with Crippen LogP contribution >= 0.6 is 0 Å². The van der Waals surface area contributed by atoms with Crippen LogP contribution in [0.2, 0.25) is 0 Å². The largest absolute Gasteiger partial charge is 0.497 e. The number of nitriles is 1. The molecule has 30 heavy (non-hydrogen) atoms. The number of pyridine rings is 1. The van der Waals surface area contributed by atoms with Crippen LogP contribution in [0.15, 0.2) is 36.5 Å². The summed E-state index contributed by atoms with van der Waals surface area (Å²) in [5.41, 5.74) is 1.95. The molecule has 1 unspecified atom stereocenters. The zero-order valence-corrected chi connectivity index (χ0v) is 16.8. The highest BCUT2D eigenvalue weighted by atomic mass is 16.5. The smallest absolute Gasteiger partial charge is 0.255 e. The molecule has 0 aliphatic carbocycles. The number of hydrogen-bond donors (Lipinski definition) is 1. The molecular weight excluding hydrogens is 382 g/mol. The summed E-state index contributed by atoms with van der Waals surface area (Å²) in [7, 11) is 1.61. The first-order chi connectivity index (χ1) is 14.6. The third-order valence-corrected chi connectivity index (χ3v) is 5.50. The number of methoxy groups -OCH3 is 1. The molecule has 1 saturated heterocycles. The van der Waals surface area contributed by atoms with E-state index in [9.17, 15) is 14.9 Å². The van der Waals surface area contributed by atoms with E-state index in [1.807, 2.05) is 24.3 Å². The minimum atomic E-state index is -0.160. The third kappa shape index (κ3) is 3.92. The molecular formula is C22H23N5O3. The van der Waals surface area contributed by atoms with Crippen LogP contribution in [-0.4, -0.2) is 48.4 Å². The number of fused-ring (bicyclic) bond motifs is 1. The molecule has 4 rings (SSSR count). The van der Waals surface area contributed by atoms with E-state index in [1.54, 1.807) is 23.0 Å². The lowest BCUT2D eigenvalue weighted by molar-refractivity contribution is -0.117. The quantitative estimate of drug-likeness (QED) is 0.839. The molecule has 2 amide bonds. The molecule has 2 aliphatic rings. The Morgan fingerprint density at radius 1 is 1.37 bits per heavy atom. The van der Waals surface area contributed by atoms with Crippen LogP contribution in [0.1, 0.15) is 28.8 Å². The van der Waals surface area contributed by atoms with Crippen molar-refractivity contribution in [1.82, 2.24) is 9.88 Å². The van der Waals surface area contributed by atoms with Gasteiger partial charge in [0.05, 0.1) is 43.4 Å². The van der Waals surface area contributed by atoms with Crippen molar-refractivity contribution in [3.05, 3.63) is 47.7 Å². The summed E-state index contributed by atoms with van der Waals surface area (Å²) in [6.45, 7) is 1.58. The number of hydrogen-bond acceptors (Lipinski definition) is 6. The molecule has 1 atom stereocenters. The average molecular weight is 405 g/mol. The Morgan fingerprint density at radius 3 is 2.90 bits per heavy atom. The van der Waals surface area contributed by atoms with Crippen molar-refractivity contribution < 1.29 is 14.3 Å². The number of amides is 2. The highest BCUT2D eigenvalue weighted by Crippen LogP contribution is 2.31. The lowest BCUT2D eigenvalue weighted by Gasteiger charge is -2.32. The minimum Gasteiger partial charge on any atom is -0.497 e. The second-order valence-electron chi connectivity index (χ2n) is 7.49. The normalized spacial score (nSPS) is 18.3. The summed E-state index contributed by atoms with van der Waals surface area (Å²) in [5, 5.41) is 12.2. The van der Waals surface area contributed by atoms with Crippen molar-refractivity contribution in [2.75, 3.05) is 37.0 Å². The first-order valence-electron chi connectivity index (χ1n) is 9.95. The fraction of sp³-hybridized carbons (Fsp3) is 0.364. The highest BCUT2D eigenvalue weighted by molar-refractivity contribution is 6.04. The number of aromatic nitrogens is 1. The number of ether oxygens (including phenoxy) is 1. The Kier molecular flexibility index (Phi) is 5.53. The second kappa shape index (κ2) is 8.41. The van der Waals surface area contributed by atoms with Crippen LogP contribution < -0.4 is 15.0 Å². The van der Waals surface area contributed by atoms with Gasteiger partial charge in [-0.05, 0) is 36.6 Å². The molecule has 2 aliphatic heterocycles. The van der Waals surface area contributed by atoms with Gasteiger partial charge in [-0.15, -0.1) is 0 Å². The number of rotatable bonds is 4. The molecule has 0 spiro atoms. The van der Waals surface area contributed by atoms with E-state index in [0.717, 1.165) is 24.2 Å². The van der Waals surface area contributed by atoms with Crippen LogP contribution in [0.25, 0.3) is 0 Å². The zero-order valence-electron chi connectivity index (χ0n) is 16.8. The third-order valence-electron chi connectivity index (χ3n) is 5.50. The van der Waals surface area contributed by atoms with Gasteiger partial charge in [-0.25, -0.2) is 4.98 Å². The fourth-order valence-electron chi connectivity index (χ4n) is 3.84. The molecule has 0 radical (unpaired) electrons. The van der Waals surface area contributed by atoms with Gasteiger partial charge in [0, 0.05) is 19.3 Å². The first-order valence-corrected chi connectivity index (χ1v) is 9.95. The summed E-state index contributed by atoms with van der Waals surface area (Å²) in [6, 6.07) is 11.5. The molecule has 8 nitrogen and oxygen atoms in total. The Hall–Kier alpha value is -3.60. The summed E-state index contributed by atoms with van der Waals surface area (Å²) >= 11 is 0. The van der Waals surface area contributed by atoms with Crippen molar-refractivity contribution in [2.24, 2.45) is 5.92 Å². The topological polar surface area (TPSA) is 98.6 Å². The second-order valence-corrected chi connectivity index (χ2v) is 7.49. The number of anilines is 2. The molecule has 8 heteroatoms. The van der Waals surface area contributed by atoms with Crippen molar-refractivity contribution in [1.29, 1.82) is 5.26 Å². The number of benzene rings is 1. The van der Waals surface area contributed by atoms with E-state index in [4.69, 9.17) is 4.74 Å². The molecule has 2 aromatic rings. The highest BCUT2D eigenvalue weighted by Gasteiger charge is 2.29. The fourth-order valence-corrected chi connectivity index (χ4v) is 3.84. The summed E-state index contributed by atoms with van der Waals surface area (Å²) < 4.78 is 5.19. The SMILES string of the molecule is COc1ccc(CN2C(=O)CNc3ncc(C(=O)N4CCCC(C#N)C4)cc32)cc1. The first kappa shape index (κ1) is 19.7. The van der Waals surface area contributed by atoms with Gasteiger partial charge >= 0.3 is 0 Å².